The third-order valence-electron chi connectivity index (χ3n) is 4.18. The molecular formula is C18H18FN3O2S. The Balaban J connectivity index is 1.95. The van der Waals surface area contributed by atoms with Gasteiger partial charge in [0.25, 0.3) is 0 Å². The number of halogens is 1. The highest BCUT2D eigenvalue weighted by Crippen LogP contribution is 2.34. The molecule has 0 saturated heterocycles. The van der Waals surface area contributed by atoms with Gasteiger partial charge in [0, 0.05) is 24.3 Å². The standard InChI is InChI=1S/C18H18FN3O2S/c1-25(23,24)21-17-5-2-6-18-15(17)4-3-9-22(18)12-14-10-13(11-20)7-8-16(14)19/h2,5-8,10,21H,3-4,9,12H2,1H3. The van der Waals surface area contributed by atoms with Crippen LogP contribution in [0.25, 0.3) is 0 Å². The Bertz CT molecular complexity index is 951. The minimum absolute atomic E-state index is 0.330. The molecule has 0 atom stereocenters. The second-order valence-corrected chi connectivity index (χ2v) is 7.87. The summed E-state index contributed by atoms with van der Waals surface area (Å²) < 4.78 is 39.8. The molecule has 0 aromatic heterocycles. The smallest absolute Gasteiger partial charge is 0.229 e. The lowest BCUT2D eigenvalue weighted by molar-refractivity contribution is 0.597. The lowest BCUT2D eigenvalue weighted by Crippen LogP contribution is -2.30. The van der Waals surface area contributed by atoms with E-state index in [0.717, 1.165) is 36.9 Å². The van der Waals surface area contributed by atoms with Crippen LogP contribution in [0.3, 0.4) is 0 Å². The van der Waals surface area contributed by atoms with Crippen LogP contribution in [0.15, 0.2) is 36.4 Å². The van der Waals surface area contributed by atoms with Crippen molar-refractivity contribution in [1.29, 1.82) is 5.26 Å². The number of anilines is 2. The molecule has 1 aliphatic rings. The highest BCUT2D eigenvalue weighted by Gasteiger charge is 2.21. The van der Waals surface area contributed by atoms with Crippen molar-refractivity contribution in [3.63, 3.8) is 0 Å². The van der Waals surface area contributed by atoms with Crippen molar-refractivity contribution in [2.45, 2.75) is 19.4 Å². The minimum atomic E-state index is -3.37. The largest absolute Gasteiger partial charge is 0.367 e. The van der Waals surface area contributed by atoms with Crippen molar-refractivity contribution >= 4 is 21.4 Å². The third kappa shape index (κ3) is 3.91. The minimum Gasteiger partial charge on any atom is -0.367 e. The number of sulfonamides is 1. The lowest BCUT2D eigenvalue weighted by Gasteiger charge is -2.32. The van der Waals surface area contributed by atoms with Gasteiger partial charge in [0.2, 0.25) is 10.0 Å². The van der Waals surface area contributed by atoms with Gasteiger partial charge < -0.3 is 4.90 Å². The normalized spacial score (nSPS) is 13.9. The van der Waals surface area contributed by atoms with Crippen LogP contribution in [-0.2, 0) is 23.0 Å². The highest BCUT2D eigenvalue weighted by molar-refractivity contribution is 7.92. The van der Waals surface area contributed by atoms with Crippen LogP contribution in [0.2, 0.25) is 0 Å². The van der Waals surface area contributed by atoms with E-state index in [-0.39, 0.29) is 5.82 Å². The average molecular weight is 359 g/mol. The van der Waals surface area contributed by atoms with Crippen LogP contribution in [0.1, 0.15) is 23.1 Å². The molecule has 2 aromatic carbocycles. The predicted molar refractivity (Wildman–Crippen MR) is 95.4 cm³/mol. The molecule has 0 amide bonds. The fraction of sp³-hybridized carbons (Fsp3) is 0.278. The van der Waals surface area contributed by atoms with Gasteiger partial charge in [-0.05, 0) is 48.7 Å². The zero-order chi connectivity index (χ0) is 18.0. The van der Waals surface area contributed by atoms with Gasteiger partial charge in [0.05, 0.1) is 23.6 Å². The van der Waals surface area contributed by atoms with Gasteiger partial charge >= 0.3 is 0 Å². The van der Waals surface area contributed by atoms with Crippen molar-refractivity contribution in [2.24, 2.45) is 0 Å². The van der Waals surface area contributed by atoms with Crippen LogP contribution < -0.4 is 9.62 Å². The summed E-state index contributed by atoms with van der Waals surface area (Å²) >= 11 is 0. The molecule has 5 nitrogen and oxygen atoms in total. The van der Waals surface area contributed by atoms with E-state index in [1.54, 1.807) is 18.2 Å². The van der Waals surface area contributed by atoms with E-state index in [4.69, 9.17) is 5.26 Å². The van der Waals surface area contributed by atoms with Crippen molar-refractivity contribution in [3.05, 3.63) is 58.9 Å². The molecule has 2 aromatic rings. The average Bonchev–Trinajstić information content (AvgIpc) is 2.56. The first-order valence-corrected chi connectivity index (χ1v) is 9.79. The Hall–Kier alpha value is -2.59. The van der Waals surface area contributed by atoms with Gasteiger partial charge in [0.15, 0.2) is 0 Å². The topological polar surface area (TPSA) is 73.2 Å². The van der Waals surface area contributed by atoms with Crippen LogP contribution in [0, 0.1) is 17.1 Å². The first kappa shape index (κ1) is 17.2. The van der Waals surface area contributed by atoms with Gasteiger partial charge in [-0.3, -0.25) is 4.72 Å². The molecule has 1 N–H and O–H groups in total. The Labute approximate surface area is 146 Å². The van der Waals surface area contributed by atoms with E-state index in [1.165, 1.54) is 12.1 Å². The van der Waals surface area contributed by atoms with E-state index in [0.29, 0.717) is 23.4 Å². The SMILES string of the molecule is CS(=O)(=O)Nc1cccc2c1CCCN2Cc1cc(C#N)ccc1F. The van der Waals surface area contributed by atoms with Crippen molar-refractivity contribution in [3.8, 4) is 6.07 Å². The number of fused-ring (bicyclic) bond motifs is 1. The second kappa shape index (κ2) is 6.73. The van der Waals surface area contributed by atoms with Crippen molar-refractivity contribution in [1.82, 2.24) is 0 Å². The lowest BCUT2D eigenvalue weighted by atomic mass is 9.99. The summed E-state index contributed by atoms with van der Waals surface area (Å²) in [5.41, 5.74) is 3.24. The number of hydrogen-bond donors (Lipinski definition) is 1. The van der Waals surface area contributed by atoms with E-state index in [2.05, 4.69) is 4.72 Å². The van der Waals surface area contributed by atoms with Gasteiger partial charge in [-0.25, -0.2) is 12.8 Å². The molecule has 7 heteroatoms. The number of nitrogens with zero attached hydrogens (tertiary/aromatic N) is 2. The van der Waals surface area contributed by atoms with Crippen LogP contribution >= 0.6 is 0 Å². The van der Waals surface area contributed by atoms with Crippen LogP contribution in [-0.4, -0.2) is 21.2 Å². The van der Waals surface area contributed by atoms with Crippen molar-refractivity contribution < 1.29 is 12.8 Å². The summed E-state index contributed by atoms with van der Waals surface area (Å²) in [6.45, 7) is 1.07. The zero-order valence-corrected chi connectivity index (χ0v) is 14.6. The van der Waals surface area contributed by atoms with Gasteiger partial charge in [0.1, 0.15) is 5.82 Å². The number of rotatable bonds is 4. The molecule has 25 heavy (non-hydrogen) atoms. The van der Waals surface area contributed by atoms with E-state index in [9.17, 15) is 12.8 Å². The molecule has 0 bridgehead atoms. The summed E-state index contributed by atoms with van der Waals surface area (Å²) in [5.74, 6) is -0.350. The number of nitriles is 1. The summed E-state index contributed by atoms with van der Waals surface area (Å²) in [6.07, 6.45) is 2.72. The van der Waals surface area contributed by atoms with Gasteiger partial charge in [-0.2, -0.15) is 5.26 Å². The van der Waals surface area contributed by atoms with E-state index < -0.39 is 10.0 Å². The van der Waals surface area contributed by atoms with E-state index >= 15 is 0 Å². The summed E-state index contributed by atoms with van der Waals surface area (Å²) in [4.78, 5) is 2.02. The monoisotopic (exact) mass is 359 g/mol. The first-order chi connectivity index (χ1) is 11.9. The Morgan fingerprint density at radius 1 is 1.32 bits per heavy atom. The summed E-state index contributed by atoms with van der Waals surface area (Å²) in [7, 11) is -3.37. The predicted octanol–water partition coefficient (Wildman–Crippen LogP) is 3.02. The molecule has 0 aliphatic carbocycles. The maximum absolute atomic E-state index is 14.1. The van der Waals surface area contributed by atoms with Crippen molar-refractivity contribution in [2.75, 3.05) is 22.4 Å². The maximum atomic E-state index is 14.1. The molecule has 0 fully saturated rings. The summed E-state index contributed by atoms with van der Waals surface area (Å²) in [6, 6.07) is 11.8. The van der Waals surface area contributed by atoms with Crippen LogP contribution in [0.4, 0.5) is 15.8 Å². The molecule has 1 aliphatic heterocycles. The van der Waals surface area contributed by atoms with Gasteiger partial charge in [-0.1, -0.05) is 6.07 Å². The molecule has 130 valence electrons. The Kier molecular flexibility index (Phi) is 4.64. The Morgan fingerprint density at radius 3 is 2.84 bits per heavy atom. The van der Waals surface area contributed by atoms with E-state index in [1.807, 2.05) is 17.0 Å². The third-order valence-corrected chi connectivity index (χ3v) is 4.77. The molecule has 0 unspecified atom stereocenters. The molecule has 1 heterocycles. The molecular weight excluding hydrogens is 341 g/mol. The maximum Gasteiger partial charge on any atom is 0.229 e. The molecule has 0 saturated carbocycles. The zero-order valence-electron chi connectivity index (χ0n) is 13.8. The van der Waals surface area contributed by atoms with Gasteiger partial charge in [-0.15, -0.1) is 0 Å². The highest BCUT2D eigenvalue weighted by atomic mass is 32.2. The second-order valence-electron chi connectivity index (χ2n) is 6.12. The quantitative estimate of drug-likeness (QED) is 0.911. The number of hydrogen-bond acceptors (Lipinski definition) is 4. The molecule has 3 rings (SSSR count). The fourth-order valence-electron chi connectivity index (χ4n) is 3.13. The fourth-order valence-corrected chi connectivity index (χ4v) is 3.72. The molecule has 0 radical (unpaired) electrons. The number of benzene rings is 2. The number of nitrogens with one attached hydrogen (secondary N) is 1. The van der Waals surface area contributed by atoms with Crippen LogP contribution in [0.5, 0.6) is 0 Å². The summed E-state index contributed by atoms with van der Waals surface area (Å²) in [5, 5.41) is 9.01. The molecule has 0 spiro atoms. The first-order valence-electron chi connectivity index (χ1n) is 7.90. The Morgan fingerprint density at radius 2 is 2.12 bits per heavy atom.